The zero-order valence-electron chi connectivity index (χ0n) is 6.14. The first-order chi connectivity index (χ1) is 5.72. The number of carbonyl (C=O) groups excluding carboxylic acids is 1. The number of nitrogens with one attached hydrogen (secondary N) is 1. The second kappa shape index (κ2) is 4.84. The van der Waals surface area contributed by atoms with Crippen molar-refractivity contribution in [3.8, 4) is 0 Å². The van der Waals surface area contributed by atoms with Crippen LogP contribution in [0.4, 0.5) is 5.00 Å². The van der Waals surface area contributed by atoms with E-state index < -0.39 is 0 Å². The smallest absolute Gasteiger partial charge is 0.226 e. The van der Waals surface area contributed by atoms with E-state index in [1.54, 1.807) is 0 Å². The van der Waals surface area contributed by atoms with Gasteiger partial charge in [-0.3, -0.25) is 4.79 Å². The van der Waals surface area contributed by atoms with Crippen molar-refractivity contribution in [2.24, 2.45) is 0 Å². The van der Waals surface area contributed by atoms with Gasteiger partial charge >= 0.3 is 0 Å². The Morgan fingerprint density at radius 2 is 2.42 bits per heavy atom. The molecule has 0 atom stereocenters. The SMILES string of the molecule is O=C(CCCl)Nc1ccc(Br)s1. The molecule has 0 saturated heterocycles. The Morgan fingerprint density at radius 1 is 1.67 bits per heavy atom. The van der Waals surface area contributed by atoms with Gasteiger partial charge in [0.2, 0.25) is 5.91 Å². The summed E-state index contributed by atoms with van der Waals surface area (Å²) in [6.07, 6.45) is 0.358. The first-order valence-electron chi connectivity index (χ1n) is 3.33. The minimum absolute atomic E-state index is 0.0423. The molecule has 0 bridgehead atoms. The number of rotatable bonds is 3. The van der Waals surface area contributed by atoms with Crippen LogP contribution in [0.3, 0.4) is 0 Å². The maximum Gasteiger partial charge on any atom is 0.226 e. The summed E-state index contributed by atoms with van der Waals surface area (Å²) in [5, 5.41) is 3.57. The van der Waals surface area contributed by atoms with Gasteiger partial charge in [-0.2, -0.15) is 0 Å². The lowest BCUT2D eigenvalue weighted by Gasteiger charge is -1.98. The van der Waals surface area contributed by atoms with Gasteiger partial charge in [-0.1, -0.05) is 0 Å². The van der Waals surface area contributed by atoms with Crippen molar-refractivity contribution in [1.82, 2.24) is 0 Å². The average Bonchev–Trinajstić information content (AvgIpc) is 2.36. The summed E-state index contributed by atoms with van der Waals surface area (Å²) in [4.78, 5) is 11.0. The zero-order valence-corrected chi connectivity index (χ0v) is 9.30. The lowest BCUT2D eigenvalue weighted by molar-refractivity contribution is -0.115. The quantitative estimate of drug-likeness (QED) is 0.839. The number of anilines is 1. The van der Waals surface area contributed by atoms with E-state index in [4.69, 9.17) is 11.6 Å². The minimum atomic E-state index is -0.0423. The first kappa shape index (κ1) is 10.0. The van der Waals surface area contributed by atoms with E-state index in [0.717, 1.165) is 8.79 Å². The number of alkyl halides is 1. The molecule has 1 N–H and O–H groups in total. The number of amides is 1. The van der Waals surface area contributed by atoms with Crippen LogP contribution in [-0.2, 0) is 4.79 Å². The van der Waals surface area contributed by atoms with Crippen LogP contribution in [0.25, 0.3) is 0 Å². The molecule has 1 amide bonds. The van der Waals surface area contributed by atoms with Crippen molar-refractivity contribution in [2.45, 2.75) is 6.42 Å². The van der Waals surface area contributed by atoms with E-state index in [9.17, 15) is 4.79 Å². The third-order valence-corrected chi connectivity index (χ3v) is 2.89. The van der Waals surface area contributed by atoms with Crippen molar-refractivity contribution in [3.63, 3.8) is 0 Å². The van der Waals surface area contributed by atoms with E-state index in [2.05, 4.69) is 21.2 Å². The maximum atomic E-state index is 11.0. The normalized spacial score (nSPS) is 9.83. The summed E-state index contributed by atoms with van der Waals surface area (Å²) in [5.41, 5.74) is 0. The van der Waals surface area contributed by atoms with Crippen molar-refractivity contribution >= 4 is 49.8 Å². The number of carbonyl (C=O) groups is 1. The highest BCUT2D eigenvalue weighted by Gasteiger charge is 2.02. The largest absolute Gasteiger partial charge is 0.318 e. The minimum Gasteiger partial charge on any atom is -0.318 e. The number of hydrogen-bond donors (Lipinski definition) is 1. The summed E-state index contributed by atoms with van der Waals surface area (Å²) < 4.78 is 1.00. The Bertz CT molecular complexity index is 276. The Balaban J connectivity index is 2.46. The molecular formula is C7H7BrClNOS. The van der Waals surface area contributed by atoms with E-state index in [-0.39, 0.29) is 5.91 Å². The van der Waals surface area contributed by atoms with Crippen molar-refractivity contribution in [1.29, 1.82) is 0 Å². The Kier molecular flexibility index (Phi) is 4.05. The highest BCUT2D eigenvalue weighted by atomic mass is 79.9. The van der Waals surface area contributed by atoms with Gasteiger partial charge in [0.1, 0.15) is 0 Å². The molecule has 1 aromatic heterocycles. The van der Waals surface area contributed by atoms with Crippen LogP contribution in [0.5, 0.6) is 0 Å². The van der Waals surface area contributed by atoms with E-state index >= 15 is 0 Å². The zero-order chi connectivity index (χ0) is 8.97. The van der Waals surface area contributed by atoms with Crippen LogP contribution in [0.1, 0.15) is 6.42 Å². The van der Waals surface area contributed by atoms with Gasteiger partial charge in [-0.25, -0.2) is 0 Å². The van der Waals surface area contributed by atoms with Crippen molar-refractivity contribution < 1.29 is 4.79 Å². The summed E-state index contributed by atoms with van der Waals surface area (Å²) in [6, 6.07) is 3.74. The standard InChI is InChI=1S/C7H7BrClNOS/c8-5-1-2-7(12-5)10-6(11)3-4-9/h1-2H,3-4H2,(H,10,11). The third-order valence-electron chi connectivity index (χ3n) is 1.16. The lowest BCUT2D eigenvalue weighted by atomic mass is 10.4. The molecule has 0 saturated carbocycles. The van der Waals surface area contributed by atoms with Gasteiger partial charge in [0.15, 0.2) is 0 Å². The molecule has 66 valence electrons. The van der Waals surface area contributed by atoms with E-state index in [1.165, 1.54) is 11.3 Å². The fourth-order valence-corrected chi connectivity index (χ4v) is 2.14. The lowest BCUT2D eigenvalue weighted by Crippen LogP contribution is -2.10. The van der Waals surface area contributed by atoms with E-state index in [0.29, 0.717) is 12.3 Å². The molecule has 0 spiro atoms. The fourth-order valence-electron chi connectivity index (χ4n) is 0.667. The van der Waals surface area contributed by atoms with Gasteiger partial charge in [0, 0.05) is 12.3 Å². The molecule has 0 unspecified atom stereocenters. The van der Waals surface area contributed by atoms with Gasteiger partial charge in [0.05, 0.1) is 8.79 Å². The highest BCUT2D eigenvalue weighted by Crippen LogP contribution is 2.26. The molecule has 1 heterocycles. The Morgan fingerprint density at radius 3 is 2.92 bits per heavy atom. The first-order valence-corrected chi connectivity index (χ1v) is 5.48. The average molecular weight is 269 g/mol. The fraction of sp³-hybridized carbons (Fsp3) is 0.286. The van der Waals surface area contributed by atoms with Crippen LogP contribution >= 0.6 is 38.9 Å². The number of hydrogen-bond acceptors (Lipinski definition) is 2. The van der Waals surface area contributed by atoms with Crippen LogP contribution in [-0.4, -0.2) is 11.8 Å². The predicted octanol–water partition coefficient (Wildman–Crippen LogP) is 3.08. The van der Waals surface area contributed by atoms with Crippen molar-refractivity contribution in [2.75, 3.05) is 11.2 Å². The van der Waals surface area contributed by atoms with Gasteiger partial charge in [-0.05, 0) is 28.1 Å². The summed E-state index contributed by atoms with van der Waals surface area (Å²) in [7, 11) is 0. The number of thiophene rings is 1. The third kappa shape index (κ3) is 3.13. The van der Waals surface area contributed by atoms with E-state index in [1.807, 2.05) is 12.1 Å². The summed E-state index contributed by atoms with van der Waals surface area (Å²) in [5.74, 6) is 0.317. The molecule has 1 aromatic rings. The molecule has 0 aliphatic carbocycles. The van der Waals surface area contributed by atoms with Gasteiger partial charge in [-0.15, -0.1) is 22.9 Å². The molecule has 1 rings (SSSR count). The Hall–Kier alpha value is -0.0600. The second-order valence-corrected chi connectivity index (χ2v) is 4.93. The van der Waals surface area contributed by atoms with Crippen LogP contribution in [0.2, 0.25) is 0 Å². The topological polar surface area (TPSA) is 29.1 Å². The molecule has 0 aliphatic rings. The molecule has 0 aromatic carbocycles. The molecule has 5 heteroatoms. The predicted molar refractivity (Wildman–Crippen MR) is 56.0 cm³/mol. The highest BCUT2D eigenvalue weighted by molar-refractivity contribution is 9.11. The summed E-state index contributed by atoms with van der Waals surface area (Å²) in [6.45, 7) is 0. The maximum absolute atomic E-state index is 11.0. The molecular weight excluding hydrogens is 262 g/mol. The molecule has 12 heavy (non-hydrogen) atoms. The number of halogens is 2. The van der Waals surface area contributed by atoms with Gasteiger partial charge < -0.3 is 5.32 Å². The summed E-state index contributed by atoms with van der Waals surface area (Å²) >= 11 is 10.2. The van der Waals surface area contributed by atoms with Crippen LogP contribution in [0.15, 0.2) is 15.9 Å². The van der Waals surface area contributed by atoms with Crippen molar-refractivity contribution in [3.05, 3.63) is 15.9 Å². The molecule has 0 fully saturated rings. The second-order valence-electron chi connectivity index (χ2n) is 2.09. The van der Waals surface area contributed by atoms with Crippen LogP contribution in [0, 0.1) is 0 Å². The molecule has 0 radical (unpaired) electrons. The molecule has 0 aliphatic heterocycles. The van der Waals surface area contributed by atoms with Crippen LogP contribution < -0.4 is 5.32 Å². The van der Waals surface area contributed by atoms with Gasteiger partial charge in [0.25, 0.3) is 0 Å². The Labute approximate surface area is 88.0 Å². The molecule has 2 nitrogen and oxygen atoms in total. The monoisotopic (exact) mass is 267 g/mol.